The number of fused-ring (bicyclic) bond motifs is 2. The number of hydrogen-bond donors (Lipinski definition) is 3. The molecule has 2 aliphatic carbocycles. The van der Waals surface area contributed by atoms with Crippen molar-refractivity contribution in [2.24, 2.45) is 13.0 Å². The maximum Gasteiger partial charge on any atom is 0.327 e. The van der Waals surface area contributed by atoms with E-state index in [4.69, 9.17) is 30.9 Å². The summed E-state index contributed by atoms with van der Waals surface area (Å²) in [6.07, 6.45) is 3.35. The number of nitrogens with zero attached hydrogens (tertiary/aromatic N) is 3. The number of anilines is 1. The second-order valence-electron chi connectivity index (χ2n) is 13.8. The van der Waals surface area contributed by atoms with Gasteiger partial charge in [0.1, 0.15) is 22.6 Å². The van der Waals surface area contributed by atoms with Crippen LogP contribution < -0.4 is 20.3 Å². The number of rotatable bonds is 12. The van der Waals surface area contributed by atoms with E-state index in [0.717, 1.165) is 71.4 Å². The third-order valence-electron chi connectivity index (χ3n) is 10.5. The molecule has 7 rings (SSSR count). The average molecular weight is 732 g/mol. The van der Waals surface area contributed by atoms with E-state index >= 15 is 4.39 Å². The average Bonchev–Trinajstić information content (AvgIpc) is 3.85. The molecule has 1 amide bonds. The Labute approximate surface area is 307 Å². The Bertz CT molecular complexity index is 2030. The Balaban J connectivity index is 1.09. The zero-order valence-electron chi connectivity index (χ0n) is 29.7. The van der Waals surface area contributed by atoms with Gasteiger partial charge in [-0.1, -0.05) is 41.9 Å². The molecule has 4 aromatic rings. The largest absolute Gasteiger partial charge is 0.496 e. The predicted molar refractivity (Wildman–Crippen MR) is 194 cm³/mol. The Morgan fingerprint density at radius 2 is 1.88 bits per heavy atom. The number of carbonyl (C=O) groups excluding carboxylic acids is 2. The number of amides is 1. The SMILES string of the molecule is COc1cc(OC2CCc3c(-c4cccc(NC(=O)c5nc6c(n5C)CCN(C(C)CO)C6)c4C)cccc32)c(Cl)c(F)c1CNOC(=O)C1CC1. The van der Waals surface area contributed by atoms with E-state index in [0.29, 0.717) is 24.5 Å². The van der Waals surface area contributed by atoms with Crippen LogP contribution in [0.15, 0.2) is 42.5 Å². The van der Waals surface area contributed by atoms with Gasteiger partial charge < -0.3 is 29.3 Å². The van der Waals surface area contributed by atoms with Crippen LogP contribution in [0.3, 0.4) is 0 Å². The van der Waals surface area contributed by atoms with Crippen LogP contribution in [0, 0.1) is 18.7 Å². The highest BCUT2D eigenvalue weighted by atomic mass is 35.5. The van der Waals surface area contributed by atoms with Crippen molar-refractivity contribution in [1.82, 2.24) is 19.9 Å². The lowest BCUT2D eigenvalue weighted by atomic mass is 9.93. The molecule has 3 aromatic carbocycles. The van der Waals surface area contributed by atoms with Gasteiger partial charge in [0, 0.05) is 55.6 Å². The topological polar surface area (TPSA) is 127 Å². The minimum atomic E-state index is -0.712. The van der Waals surface area contributed by atoms with E-state index in [-0.39, 0.29) is 65.2 Å². The zero-order chi connectivity index (χ0) is 36.7. The highest BCUT2D eigenvalue weighted by Gasteiger charge is 2.33. The molecule has 1 saturated carbocycles. The van der Waals surface area contributed by atoms with E-state index in [2.05, 4.69) is 21.8 Å². The molecule has 0 radical (unpaired) electrons. The van der Waals surface area contributed by atoms with Crippen LogP contribution in [0.5, 0.6) is 11.5 Å². The Hall–Kier alpha value is -4.49. The molecule has 274 valence electrons. The number of ether oxygens (including phenoxy) is 2. The molecule has 1 fully saturated rings. The summed E-state index contributed by atoms with van der Waals surface area (Å²) < 4.78 is 29.3. The maximum absolute atomic E-state index is 15.6. The summed E-state index contributed by atoms with van der Waals surface area (Å²) in [6, 6.07) is 13.5. The van der Waals surface area contributed by atoms with Crippen molar-refractivity contribution in [2.75, 3.05) is 25.6 Å². The summed E-state index contributed by atoms with van der Waals surface area (Å²) in [4.78, 5) is 37.5. The van der Waals surface area contributed by atoms with Gasteiger partial charge in [-0.25, -0.2) is 9.37 Å². The highest BCUT2D eigenvalue weighted by Crippen LogP contribution is 2.44. The standard InChI is InChI=1S/C39H43ClFN5O6/c1-21(20-47)46-16-15-31-30(19-46)43-37(45(31)3)38(48)44-29-10-6-7-24(22(29)2)25-8-5-9-27-26(25)13-14-32(27)51-34-17-33(50-4)28(36(41)35(34)40)18-42-52-39(49)23-11-12-23/h5-10,17,21,23,32,42,47H,11-16,18-20H2,1-4H3,(H,44,48). The van der Waals surface area contributed by atoms with Gasteiger partial charge in [-0.15, -0.1) is 5.48 Å². The number of benzene rings is 3. The first kappa shape index (κ1) is 35.9. The fraction of sp³-hybridized carbons (Fsp3) is 0.410. The van der Waals surface area contributed by atoms with Crippen molar-refractivity contribution in [3.05, 3.63) is 92.8 Å². The van der Waals surface area contributed by atoms with Crippen molar-refractivity contribution in [3.63, 3.8) is 0 Å². The first-order valence-electron chi connectivity index (χ1n) is 17.7. The van der Waals surface area contributed by atoms with E-state index < -0.39 is 5.82 Å². The summed E-state index contributed by atoms with van der Waals surface area (Å²) in [7, 11) is 3.30. The summed E-state index contributed by atoms with van der Waals surface area (Å²) in [5.74, 6) is -0.728. The summed E-state index contributed by atoms with van der Waals surface area (Å²) in [5, 5.41) is 12.5. The second kappa shape index (κ2) is 14.9. The minimum Gasteiger partial charge on any atom is -0.496 e. The molecular formula is C39H43ClFN5O6. The van der Waals surface area contributed by atoms with Crippen molar-refractivity contribution < 1.29 is 33.4 Å². The number of carbonyl (C=O) groups is 2. The number of aliphatic hydroxyl groups is 1. The second-order valence-corrected chi connectivity index (χ2v) is 14.2. The van der Waals surface area contributed by atoms with E-state index in [1.807, 2.05) is 55.8 Å². The van der Waals surface area contributed by atoms with Gasteiger partial charge in [0.05, 0.1) is 31.9 Å². The molecule has 0 saturated heterocycles. The number of hydrogen-bond acceptors (Lipinski definition) is 9. The molecule has 52 heavy (non-hydrogen) atoms. The van der Waals surface area contributed by atoms with Crippen molar-refractivity contribution >= 4 is 29.2 Å². The van der Waals surface area contributed by atoms with E-state index in [1.54, 1.807) is 6.07 Å². The number of hydroxylamine groups is 1. The number of aliphatic hydroxyl groups excluding tert-OH is 1. The number of halogens is 2. The molecule has 2 atom stereocenters. The van der Waals surface area contributed by atoms with Gasteiger partial charge in [0.15, 0.2) is 11.6 Å². The van der Waals surface area contributed by atoms with Gasteiger partial charge in [-0.05, 0) is 73.4 Å². The smallest absolute Gasteiger partial charge is 0.327 e. The maximum atomic E-state index is 15.6. The quantitative estimate of drug-likeness (QED) is 0.146. The molecule has 1 aliphatic heterocycles. The molecule has 11 nitrogen and oxygen atoms in total. The Morgan fingerprint density at radius 1 is 1.12 bits per heavy atom. The first-order valence-corrected chi connectivity index (χ1v) is 18.0. The van der Waals surface area contributed by atoms with Gasteiger partial charge in [-0.3, -0.25) is 14.5 Å². The van der Waals surface area contributed by atoms with Crippen molar-refractivity contribution in [3.8, 4) is 22.6 Å². The van der Waals surface area contributed by atoms with Gasteiger partial charge in [-0.2, -0.15) is 0 Å². The third kappa shape index (κ3) is 6.88. The summed E-state index contributed by atoms with van der Waals surface area (Å²) in [5.41, 5.74) is 10.3. The predicted octanol–water partition coefficient (Wildman–Crippen LogP) is 6.21. The van der Waals surface area contributed by atoms with Crippen molar-refractivity contribution in [1.29, 1.82) is 0 Å². The molecule has 13 heteroatoms. The van der Waals surface area contributed by atoms with Crippen molar-refractivity contribution in [2.45, 2.75) is 71.2 Å². The molecule has 2 unspecified atom stereocenters. The van der Waals surface area contributed by atoms with Crippen LogP contribution in [0.25, 0.3) is 11.1 Å². The molecule has 0 bridgehead atoms. The minimum absolute atomic E-state index is 0.0225. The molecule has 1 aromatic heterocycles. The fourth-order valence-corrected chi connectivity index (χ4v) is 7.47. The Kier molecular flexibility index (Phi) is 10.3. The lowest BCUT2D eigenvalue weighted by Crippen LogP contribution is -2.39. The molecule has 2 heterocycles. The first-order chi connectivity index (χ1) is 25.1. The molecule has 3 aliphatic rings. The van der Waals surface area contributed by atoms with Crippen LogP contribution in [0.2, 0.25) is 5.02 Å². The fourth-order valence-electron chi connectivity index (χ4n) is 7.26. The number of imidazole rings is 1. The molecular weight excluding hydrogens is 689 g/mol. The number of aromatic nitrogens is 2. The summed E-state index contributed by atoms with van der Waals surface area (Å²) in [6.45, 7) is 5.32. The highest BCUT2D eigenvalue weighted by molar-refractivity contribution is 6.32. The number of nitrogens with one attached hydrogen (secondary N) is 2. The van der Waals surface area contributed by atoms with Crippen LogP contribution in [-0.4, -0.2) is 57.7 Å². The van der Waals surface area contributed by atoms with Crippen LogP contribution in [0.1, 0.15) is 76.6 Å². The Morgan fingerprint density at radius 3 is 2.63 bits per heavy atom. The van der Waals surface area contributed by atoms with Gasteiger partial charge in [0.2, 0.25) is 0 Å². The molecule has 3 N–H and O–H groups in total. The third-order valence-corrected chi connectivity index (χ3v) is 10.9. The van der Waals surface area contributed by atoms with Crippen LogP contribution in [0.4, 0.5) is 10.1 Å². The lowest BCUT2D eigenvalue weighted by molar-refractivity contribution is -0.153. The van der Waals surface area contributed by atoms with E-state index in [9.17, 15) is 14.7 Å². The lowest BCUT2D eigenvalue weighted by Gasteiger charge is -2.30. The zero-order valence-corrected chi connectivity index (χ0v) is 30.5. The summed E-state index contributed by atoms with van der Waals surface area (Å²) >= 11 is 6.51. The van der Waals surface area contributed by atoms with Crippen LogP contribution >= 0.6 is 11.6 Å². The van der Waals surface area contributed by atoms with Crippen LogP contribution in [-0.2, 0) is 42.6 Å². The van der Waals surface area contributed by atoms with E-state index in [1.165, 1.54) is 7.11 Å². The van der Waals surface area contributed by atoms with Gasteiger partial charge >= 0.3 is 5.97 Å². The normalized spacial score (nSPS) is 17.3. The van der Waals surface area contributed by atoms with Gasteiger partial charge in [0.25, 0.3) is 5.91 Å². The monoisotopic (exact) mass is 731 g/mol. The number of methoxy groups -OCH3 is 1. The molecule has 0 spiro atoms.